The smallest absolute Gasteiger partial charge is 0.436 e. The van der Waals surface area contributed by atoms with E-state index in [2.05, 4.69) is 26.2 Å². The number of aliphatic imine (C=N–C) groups is 1. The Labute approximate surface area is 257 Å². The largest absolute Gasteiger partial charge is 0.448 e. The minimum Gasteiger partial charge on any atom is -0.448 e. The molecule has 12 nitrogen and oxygen atoms in total. The summed E-state index contributed by atoms with van der Waals surface area (Å²) in [6.45, 7) is 13.5. The number of carbonyl (C=O) groups is 2. The van der Waals surface area contributed by atoms with Crippen LogP contribution in [0.1, 0.15) is 65.2 Å². The minimum absolute atomic E-state index is 0.173. The second-order valence-electron chi connectivity index (χ2n) is 12.8. The number of likely N-dealkylation sites (tertiary alicyclic amines) is 1. The molecule has 0 aromatic carbocycles. The Morgan fingerprint density at radius 1 is 0.977 bits per heavy atom. The van der Waals surface area contributed by atoms with Crippen molar-refractivity contribution >= 4 is 18.1 Å². The number of nitrogens with zero attached hydrogens (tertiary/aromatic N) is 6. The number of hydrogen-bond donors (Lipinski definition) is 1. The molecule has 1 saturated carbocycles. The van der Waals surface area contributed by atoms with Crippen LogP contribution in [0.5, 0.6) is 0 Å². The van der Waals surface area contributed by atoms with Gasteiger partial charge in [0, 0.05) is 58.9 Å². The second-order valence-corrected chi connectivity index (χ2v) is 12.8. The number of piperidine rings is 1. The molecule has 0 bridgehead atoms. The Hall–Kier alpha value is -2.46. The lowest BCUT2D eigenvalue weighted by Crippen LogP contribution is -2.61. The highest BCUT2D eigenvalue weighted by molar-refractivity contribution is 6.00. The van der Waals surface area contributed by atoms with Gasteiger partial charge >= 0.3 is 12.1 Å². The Balaban J connectivity index is 1.46. The van der Waals surface area contributed by atoms with E-state index in [1.165, 1.54) is 19.3 Å². The zero-order valence-electron chi connectivity index (χ0n) is 26.4. The van der Waals surface area contributed by atoms with E-state index in [1.54, 1.807) is 4.90 Å². The van der Waals surface area contributed by atoms with E-state index >= 15 is 0 Å². The fraction of sp³-hybridized carbons (Fsp3) is 0.871. The Bertz CT molecular complexity index is 945. The molecule has 4 aliphatic rings. The number of carbonyl (C=O) groups excluding carboxylic acids is 2. The van der Waals surface area contributed by atoms with Crippen molar-refractivity contribution in [2.24, 2.45) is 16.8 Å². The van der Waals surface area contributed by atoms with Crippen molar-refractivity contribution in [3.8, 4) is 6.07 Å². The average molecular weight is 604 g/mol. The molecule has 0 atom stereocenters. The quantitative estimate of drug-likeness (QED) is 0.313. The van der Waals surface area contributed by atoms with Crippen molar-refractivity contribution in [3.63, 3.8) is 0 Å². The van der Waals surface area contributed by atoms with Crippen LogP contribution in [0.4, 0.5) is 9.59 Å². The summed E-state index contributed by atoms with van der Waals surface area (Å²) in [5, 5.41) is 13.4. The van der Waals surface area contributed by atoms with Crippen molar-refractivity contribution in [3.05, 3.63) is 0 Å². The van der Waals surface area contributed by atoms with Gasteiger partial charge in [-0.25, -0.2) is 9.59 Å². The standard InChI is InChI=1S/C31H53N7O5/c1-26(2)24-43-30(40)33-28(37-18-22-42-23-19-37)38(11-8-27-6-4-3-5-7-27)29(39)34-31(25-32)9-12-35(13-10-31)14-15-36-16-20-41-21-17-36/h26-27H,3-24H2,1-2H3,(H,34,39). The van der Waals surface area contributed by atoms with Crippen LogP contribution in [-0.2, 0) is 14.2 Å². The molecule has 4 fully saturated rings. The molecular weight excluding hydrogens is 550 g/mol. The lowest BCUT2D eigenvalue weighted by atomic mass is 9.87. The molecule has 1 aliphatic carbocycles. The predicted molar refractivity (Wildman–Crippen MR) is 164 cm³/mol. The van der Waals surface area contributed by atoms with Crippen LogP contribution in [0.3, 0.4) is 0 Å². The molecule has 3 amide bonds. The number of nitrogens with one attached hydrogen (secondary N) is 1. The zero-order valence-corrected chi connectivity index (χ0v) is 26.4. The van der Waals surface area contributed by atoms with Crippen molar-refractivity contribution in [2.45, 2.75) is 70.8 Å². The first-order valence-electron chi connectivity index (χ1n) is 16.5. The molecule has 43 heavy (non-hydrogen) atoms. The number of rotatable bonds is 9. The van der Waals surface area contributed by atoms with E-state index in [1.807, 2.05) is 18.7 Å². The van der Waals surface area contributed by atoms with E-state index in [4.69, 9.17) is 14.2 Å². The molecule has 1 N–H and O–H groups in total. The van der Waals surface area contributed by atoms with Crippen LogP contribution < -0.4 is 5.32 Å². The van der Waals surface area contributed by atoms with Gasteiger partial charge in [-0.2, -0.15) is 5.26 Å². The van der Waals surface area contributed by atoms with Crippen molar-refractivity contribution in [2.75, 3.05) is 91.9 Å². The van der Waals surface area contributed by atoms with Gasteiger partial charge in [0.1, 0.15) is 5.54 Å². The van der Waals surface area contributed by atoms with Gasteiger partial charge in [-0.1, -0.05) is 46.0 Å². The summed E-state index contributed by atoms with van der Waals surface area (Å²) in [4.78, 5) is 39.7. The number of morpholine rings is 2. The molecule has 12 heteroatoms. The summed E-state index contributed by atoms with van der Waals surface area (Å²) in [6.07, 6.45) is 7.21. The summed E-state index contributed by atoms with van der Waals surface area (Å²) in [7, 11) is 0. The molecule has 242 valence electrons. The van der Waals surface area contributed by atoms with E-state index in [0.717, 1.165) is 71.7 Å². The first-order chi connectivity index (χ1) is 20.9. The van der Waals surface area contributed by atoms with Crippen molar-refractivity contribution < 1.29 is 23.8 Å². The lowest BCUT2D eigenvalue weighted by Gasteiger charge is -2.41. The Morgan fingerprint density at radius 3 is 2.19 bits per heavy atom. The van der Waals surface area contributed by atoms with Gasteiger partial charge in [0.15, 0.2) is 0 Å². The summed E-state index contributed by atoms with van der Waals surface area (Å²) in [6, 6.07) is 2.08. The number of amides is 3. The first kappa shape index (κ1) is 33.4. The maximum Gasteiger partial charge on any atom is 0.436 e. The van der Waals surface area contributed by atoms with Crippen LogP contribution in [0.15, 0.2) is 4.99 Å². The second kappa shape index (κ2) is 17.1. The SMILES string of the molecule is CC(C)COC(=O)N=C(N1CCOCC1)N(CCC1CCCCC1)C(=O)NC1(C#N)CCN(CCN2CCOCC2)CC1. The summed E-state index contributed by atoms with van der Waals surface area (Å²) >= 11 is 0. The van der Waals surface area contributed by atoms with Crippen LogP contribution >= 0.6 is 0 Å². The van der Waals surface area contributed by atoms with Gasteiger partial charge in [-0.05, 0) is 31.1 Å². The fourth-order valence-electron chi connectivity index (χ4n) is 6.30. The fourth-order valence-corrected chi connectivity index (χ4v) is 6.30. The summed E-state index contributed by atoms with van der Waals surface area (Å²) in [5.41, 5.74) is -0.968. The molecule has 3 saturated heterocycles. The molecule has 0 unspecified atom stereocenters. The van der Waals surface area contributed by atoms with Crippen LogP contribution in [-0.4, -0.2) is 135 Å². The predicted octanol–water partition coefficient (Wildman–Crippen LogP) is 3.14. The third-order valence-corrected chi connectivity index (χ3v) is 9.10. The van der Waals surface area contributed by atoms with Crippen molar-refractivity contribution in [1.29, 1.82) is 5.26 Å². The molecule has 0 spiro atoms. The van der Waals surface area contributed by atoms with Gasteiger partial charge in [0.25, 0.3) is 0 Å². The molecule has 4 rings (SSSR count). The van der Waals surface area contributed by atoms with Crippen LogP contribution in [0.2, 0.25) is 0 Å². The number of guanidine groups is 1. The first-order valence-corrected chi connectivity index (χ1v) is 16.5. The van der Waals surface area contributed by atoms with Gasteiger partial charge < -0.3 is 29.3 Å². The third kappa shape index (κ3) is 10.6. The molecular formula is C31H53N7O5. The highest BCUT2D eigenvalue weighted by Crippen LogP contribution is 2.27. The maximum atomic E-state index is 14.1. The molecule has 0 aromatic rings. The zero-order chi connectivity index (χ0) is 30.5. The molecule has 0 radical (unpaired) electrons. The Morgan fingerprint density at radius 2 is 1.58 bits per heavy atom. The van der Waals surface area contributed by atoms with Gasteiger partial charge in [0.2, 0.25) is 5.96 Å². The monoisotopic (exact) mass is 603 g/mol. The number of urea groups is 1. The van der Waals surface area contributed by atoms with Crippen molar-refractivity contribution in [1.82, 2.24) is 24.9 Å². The third-order valence-electron chi connectivity index (χ3n) is 9.10. The van der Waals surface area contributed by atoms with E-state index in [-0.39, 0.29) is 18.6 Å². The topological polar surface area (TPSA) is 123 Å². The minimum atomic E-state index is -0.968. The Kier molecular flexibility index (Phi) is 13.3. The van der Waals surface area contributed by atoms with Gasteiger partial charge in [-0.15, -0.1) is 4.99 Å². The molecule has 3 aliphatic heterocycles. The number of nitriles is 1. The van der Waals surface area contributed by atoms with Crippen LogP contribution in [0.25, 0.3) is 0 Å². The highest BCUT2D eigenvalue weighted by Gasteiger charge is 2.39. The maximum absolute atomic E-state index is 14.1. The highest BCUT2D eigenvalue weighted by atomic mass is 16.5. The van der Waals surface area contributed by atoms with E-state index in [0.29, 0.717) is 57.6 Å². The van der Waals surface area contributed by atoms with Gasteiger partial charge in [0.05, 0.1) is 39.1 Å². The normalized spacial score (nSPS) is 22.7. The van der Waals surface area contributed by atoms with Crippen LogP contribution in [0, 0.1) is 23.2 Å². The lowest BCUT2D eigenvalue weighted by molar-refractivity contribution is 0.0312. The van der Waals surface area contributed by atoms with E-state index < -0.39 is 11.6 Å². The van der Waals surface area contributed by atoms with Gasteiger partial charge in [-0.3, -0.25) is 9.80 Å². The summed E-state index contributed by atoms with van der Waals surface area (Å²) in [5.74, 6) is 0.996. The molecule has 0 aromatic heterocycles. The van der Waals surface area contributed by atoms with E-state index in [9.17, 15) is 14.9 Å². The number of ether oxygens (including phenoxy) is 3. The average Bonchev–Trinajstić information content (AvgIpc) is 3.04. The molecule has 3 heterocycles. The number of hydrogen-bond acceptors (Lipinski definition) is 8. The summed E-state index contributed by atoms with van der Waals surface area (Å²) < 4.78 is 16.4.